The summed E-state index contributed by atoms with van der Waals surface area (Å²) in [6.07, 6.45) is -2.40. The fourth-order valence-corrected chi connectivity index (χ4v) is 1.52. The molecule has 0 bridgehead atoms. The maximum atomic E-state index is 12.2. The summed E-state index contributed by atoms with van der Waals surface area (Å²) < 4.78 is 24.5. The lowest BCUT2D eigenvalue weighted by molar-refractivity contribution is 0.0747. The van der Waals surface area contributed by atoms with Crippen LogP contribution in [0, 0.1) is 0 Å². The molecule has 0 spiro atoms. The molecule has 0 aromatic heterocycles. The van der Waals surface area contributed by atoms with Crippen LogP contribution >= 0.6 is 0 Å². The highest BCUT2D eigenvalue weighted by molar-refractivity contribution is 5.40. The highest BCUT2D eigenvalue weighted by Gasteiger charge is 2.11. The smallest absolute Gasteiger partial charge is 0.251 e. The molecule has 0 aliphatic rings. The van der Waals surface area contributed by atoms with Crippen molar-refractivity contribution in [3.05, 3.63) is 29.8 Å². The van der Waals surface area contributed by atoms with Gasteiger partial charge in [-0.1, -0.05) is 12.1 Å². The average molecular weight is 230 g/mol. The van der Waals surface area contributed by atoms with E-state index in [1.165, 1.54) is 4.90 Å². The van der Waals surface area contributed by atoms with Gasteiger partial charge in [0.15, 0.2) is 0 Å². The van der Waals surface area contributed by atoms with Crippen molar-refractivity contribution >= 4 is 5.69 Å². The molecule has 0 atom stereocenters. The van der Waals surface area contributed by atoms with E-state index in [4.69, 9.17) is 10.8 Å². The van der Waals surface area contributed by atoms with E-state index < -0.39 is 6.43 Å². The number of rotatable bonds is 6. The van der Waals surface area contributed by atoms with E-state index in [0.29, 0.717) is 12.2 Å². The molecule has 3 nitrogen and oxygen atoms in total. The molecule has 90 valence electrons. The van der Waals surface area contributed by atoms with Crippen molar-refractivity contribution < 1.29 is 13.9 Å². The topological polar surface area (TPSA) is 49.5 Å². The van der Waals surface area contributed by atoms with Gasteiger partial charge in [-0.3, -0.25) is 4.90 Å². The summed E-state index contributed by atoms with van der Waals surface area (Å²) in [6.45, 7) is 0.138. The van der Waals surface area contributed by atoms with Crippen molar-refractivity contribution in [3.8, 4) is 0 Å². The normalized spacial score (nSPS) is 11.3. The molecule has 16 heavy (non-hydrogen) atoms. The quantitative estimate of drug-likeness (QED) is 0.725. The van der Waals surface area contributed by atoms with Crippen LogP contribution in [0.15, 0.2) is 24.3 Å². The molecule has 0 fully saturated rings. The summed E-state index contributed by atoms with van der Waals surface area (Å²) in [5, 5.41) is 8.77. The van der Waals surface area contributed by atoms with Crippen LogP contribution in [0.3, 0.4) is 0 Å². The van der Waals surface area contributed by atoms with E-state index in [1.54, 1.807) is 18.2 Å². The van der Waals surface area contributed by atoms with Crippen LogP contribution in [0.5, 0.6) is 0 Å². The minimum absolute atomic E-state index is 0.130. The number of anilines is 1. The zero-order valence-corrected chi connectivity index (χ0v) is 8.94. The standard InChI is InChI=1S/C11H16F2N2O/c12-11(13)8-15(4-5-16)7-9-2-1-3-10(14)6-9/h1-3,6,11,16H,4-5,7-8,14H2. The van der Waals surface area contributed by atoms with Gasteiger partial charge >= 0.3 is 0 Å². The Kier molecular flexibility index (Phi) is 5.14. The lowest BCUT2D eigenvalue weighted by atomic mass is 10.2. The Labute approximate surface area is 93.5 Å². The number of benzene rings is 1. The van der Waals surface area contributed by atoms with Crippen molar-refractivity contribution in [2.75, 3.05) is 25.4 Å². The summed E-state index contributed by atoms with van der Waals surface area (Å²) in [5.74, 6) is 0. The summed E-state index contributed by atoms with van der Waals surface area (Å²) >= 11 is 0. The molecule has 0 saturated carbocycles. The molecule has 1 aromatic carbocycles. The molecule has 1 aromatic rings. The maximum absolute atomic E-state index is 12.2. The number of nitrogens with zero attached hydrogens (tertiary/aromatic N) is 1. The average Bonchev–Trinajstić information content (AvgIpc) is 2.16. The predicted octanol–water partition coefficient (Wildman–Crippen LogP) is 1.33. The maximum Gasteiger partial charge on any atom is 0.251 e. The second kappa shape index (κ2) is 6.40. The molecule has 0 saturated heterocycles. The molecule has 3 N–H and O–H groups in total. The zero-order chi connectivity index (χ0) is 12.0. The van der Waals surface area contributed by atoms with Crippen LogP contribution in [-0.4, -0.2) is 36.1 Å². The Morgan fingerprint density at radius 3 is 2.69 bits per heavy atom. The largest absolute Gasteiger partial charge is 0.399 e. The van der Waals surface area contributed by atoms with E-state index in [9.17, 15) is 8.78 Å². The number of aliphatic hydroxyl groups excluding tert-OH is 1. The molecular formula is C11H16F2N2O. The van der Waals surface area contributed by atoms with Crippen molar-refractivity contribution in [3.63, 3.8) is 0 Å². The molecule has 0 aliphatic carbocycles. The first-order chi connectivity index (χ1) is 7.61. The summed E-state index contributed by atoms with van der Waals surface area (Å²) in [4.78, 5) is 1.50. The van der Waals surface area contributed by atoms with Gasteiger partial charge in [-0.15, -0.1) is 0 Å². The van der Waals surface area contributed by atoms with Gasteiger partial charge in [-0.2, -0.15) is 0 Å². The number of nitrogen functional groups attached to an aromatic ring is 1. The van der Waals surface area contributed by atoms with Crippen LogP contribution in [0.2, 0.25) is 0 Å². The molecule has 5 heteroatoms. The van der Waals surface area contributed by atoms with Crippen molar-refractivity contribution in [2.45, 2.75) is 13.0 Å². The number of alkyl halides is 2. The first kappa shape index (κ1) is 12.9. The predicted molar refractivity (Wildman–Crippen MR) is 59.2 cm³/mol. The van der Waals surface area contributed by atoms with Crippen molar-refractivity contribution in [1.82, 2.24) is 4.90 Å². The van der Waals surface area contributed by atoms with Crippen LogP contribution in [0.25, 0.3) is 0 Å². The van der Waals surface area contributed by atoms with Crippen molar-refractivity contribution in [1.29, 1.82) is 0 Å². The number of hydrogen-bond acceptors (Lipinski definition) is 3. The molecule has 0 amide bonds. The number of halogens is 2. The number of aliphatic hydroxyl groups is 1. The Morgan fingerprint density at radius 2 is 2.12 bits per heavy atom. The highest BCUT2D eigenvalue weighted by atomic mass is 19.3. The van der Waals surface area contributed by atoms with E-state index >= 15 is 0 Å². The number of nitrogens with two attached hydrogens (primary N) is 1. The van der Waals surface area contributed by atoms with Gasteiger partial charge in [0, 0.05) is 18.8 Å². The van der Waals surface area contributed by atoms with Gasteiger partial charge in [0.1, 0.15) is 0 Å². The van der Waals surface area contributed by atoms with Gasteiger partial charge in [-0.05, 0) is 17.7 Å². The first-order valence-corrected chi connectivity index (χ1v) is 5.07. The SMILES string of the molecule is Nc1cccc(CN(CCO)CC(F)F)c1. The highest BCUT2D eigenvalue weighted by Crippen LogP contribution is 2.10. The van der Waals surface area contributed by atoms with E-state index in [1.807, 2.05) is 6.07 Å². The Bertz CT molecular complexity index is 321. The molecular weight excluding hydrogens is 214 g/mol. The fraction of sp³-hybridized carbons (Fsp3) is 0.455. The van der Waals surface area contributed by atoms with Gasteiger partial charge in [0.2, 0.25) is 0 Å². The third kappa shape index (κ3) is 4.55. The lowest BCUT2D eigenvalue weighted by Gasteiger charge is -2.20. The van der Waals surface area contributed by atoms with E-state index in [0.717, 1.165) is 5.56 Å². The second-order valence-electron chi connectivity index (χ2n) is 3.59. The minimum Gasteiger partial charge on any atom is -0.399 e. The van der Waals surface area contributed by atoms with Gasteiger partial charge in [0.25, 0.3) is 6.43 Å². The van der Waals surface area contributed by atoms with Gasteiger partial charge < -0.3 is 10.8 Å². The van der Waals surface area contributed by atoms with Crippen LogP contribution in [0.1, 0.15) is 5.56 Å². The Balaban J connectivity index is 2.60. The van der Waals surface area contributed by atoms with Gasteiger partial charge in [-0.25, -0.2) is 8.78 Å². The number of hydrogen-bond donors (Lipinski definition) is 2. The van der Waals surface area contributed by atoms with E-state index in [-0.39, 0.29) is 19.7 Å². The fourth-order valence-electron chi connectivity index (χ4n) is 1.52. The lowest BCUT2D eigenvalue weighted by Crippen LogP contribution is -2.31. The third-order valence-corrected chi connectivity index (χ3v) is 2.17. The summed E-state index contributed by atoms with van der Waals surface area (Å²) in [7, 11) is 0. The second-order valence-corrected chi connectivity index (χ2v) is 3.59. The molecule has 0 heterocycles. The molecule has 1 rings (SSSR count). The van der Waals surface area contributed by atoms with E-state index in [2.05, 4.69) is 0 Å². The zero-order valence-electron chi connectivity index (χ0n) is 8.94. The Morgan fingerprint density at radius 1 is 1.38 bits per heavy atom. The Hall–Kier alpha value is -1.20. The van der Waals surface area contributed by atoms with Crippen LogP contribution < -0.4 is 5.73 Å². The van der Waals surface area contributed by atoms with Crippen LogP contribution in [0.4, 0.5) is 14.5 Å². The molecule has 0 unspecified atom stereocenters. The summed E-state index contributed by atoms with van der Waals surface area (Å²) in [6, 6.07) is 7.10. The minimum atomic E-state index is -2.40. The summed E-state index contributed by atoms with van der Waals surface area (Å²) in [5.41, 5.74) is 7.07. The third-order valence-electron chi connectivity index (χ3n) is 2.17. The van der Waals surface area contributed by atoms with Crippen molar-refractivity contribution in [2.24, 2.45) is 0 Å². The van der Waals surface area contributed by atoms with Gasteiger partial charge in [0.05, 0.1) is 13.2 Å². The van der Waals surface area contributed by atoms with Crippen LogP contribution in [-0.2, 0) is 6.54 Å². The first-order valence-electron chi connectivity index (χ1n) is 5.07. The molecule has 0 aliphatic heterocycles. The molecule has 0 radical (unpaired) electrons. The monoisotopic (exact) mass is 230 g/mol.